The molecule has 3 aromatic rings. The molecule has 3 aromatic carbocycles. The van der Waals surface area contributed by atoms with Gasteiger partial charge in [0.05, 0.1) is 8.95 Å². The summed E-state index contributed by atoms with van der Waals surface area (Å²) in [5.41, 5.74) is 5.24. The second kappa shape index (κ2) is 6.74. The third-order valence-corrected chi connectivity index (χ3v) is 5.47. The van der Waals surface area contributed by atoms with Gasteiger partial charge in [0.2, 0.25) is 0 Å². The van der Waals surface area contributed by atoms with Crippen LogP contribution in [0.25, 0.3) is 22.8 Å². The fourth-order valence-corrected chi connectivity index (χ4v) is 4.20. The van der Waals surface area contributed by atoms with E-state index in [1.54, 1.807) is 12.1 Å². The molecule has 1 heterocycles. The van der Waals surface area contributed by atoms with Crippen molar-refractivity contribution >= 4 is 55.1 Å². The molecule has 0 saturated heterocycles. The van der Waals surface area contributed by atoms with Gasteiger partial charge in [-0.15, -0.1) is 0 Å². The van der Waals surface area contributed by atoms with Gasteiger partial charge >= 0.3 is 0 Å². The highest BCUT2D eigenvalue weighted by atomic mass is 79.9. The Morgan fingerprint density at radius 3 is 2.27 bits per heavy atom. The molecule has 0 fully saturated rings. The molecular formula is C21H13Br2NO2. The number of phenols is 1. The van der Waals surface area contributed by atoms with Crippen molar-refractivity contribution in [2.45, 2.75) is 0 Å². The van der Waals surface area contributed by atoms with Crippen molar-refractivity contribution in [3.05, 3.63) is 80.7 Å². The number of hydrogen-bond acceptors (Lipinski definition) is 2. The molecule has 2 N–H and O–H groups in total. The number of anilines is 1. The minimum atomic E-state index is -0.134. The van der Waals surface area contributed by atoms with Gasteiger partial charge in [-0.3, -0.25) is 4.79 Å². The summed E-state index contributed by atoms with van der Waals surface area (Å²) in [5, 5.41) is 12.8. The monoisotopic (exact) mass is 469 g/mol. The van der Waals surface area contributed by atoms with Crippen molar-refractivity contribution in [2.24, 2.45) is 0 Å². The van der Waals surface area contributed by atoms with E-state index >= 15 is 0 Å². The Morgan fingerprint density at radius 1 is 0.885 bits per heavy atom. The third-order valence-electron chi connectivity index (χ3n) is 4.26. The molecule has 4 rings (SSSR count). The fourth-order valence-electron chi connectivity index (χ4n) is 2.98. The molecule has 0 saturated carbocycles. The largest absolute Gasteiger partial charge is 0.506 e. The molecule has 0 radical (unpaired) electrons. The minimum absolute atomic E-state index is 0.134. The number of fused-ring (bicyclic) bond motifs is 1. The summed E-state index contributed by atoms with van der Waals surface area (Å²) in [6, 6.07) is 19.6. The van der Waals surface area contributed by atoms with E-state index < -0.39 is 0 Å². The topological polar surface area (TPSA) is 49.3 Å². The molecule has 3 nitrogen and oxygen atoms in total. The molecule has 26 heavy (non-hydrogen) atoms. The van der Waals surface area contributed by atoms with Crippen molar-refractivity contribution in [1.29, 1.82) is 0 Å². The minimum Gasteiger partial charge on any atom is -0.506 e. The quantitative estimate of drug-likeness (QED) is 0.446. The van der Waals surface area contributed by atoms with E-state index in [4.69, 9.17) is 0 Å². The van der Waals surface area contributed by atoms with Crippen molar-refractivity contribution in [3.8, 4) is 16.9 Å². The number of hydrogen-bond donors (Lipinski definition) is 2. The molecule has 1 amide bonds. The number of benzene rings is 3. The van der Waals surface area contributed by atoms with Gasteiger partial charge in [-0.1, -0.05) is 36.4 Å². The lowest BCUT2D eigenvalue weighted by molar-refractivity contribution is -0.110. The van der Waals surface area contributed by atoms with E-state index in [9.17, 15) is 9.90 Å². The smallest absolute Gasteiger partial charge is 0.256 e. The lowest BCUT2D eigenvalue weighted by atomic mass is 9.98. The maximum Gasteiger partial charge on any atom is 0.256 e. The Labute approximate surface area is 167 Å². The van der Waals surface area contributed by atoms with Crippen LogP contribution in [0.3, 0.4) is 0 Å². The SMILES string of the molecule is O=C1Nc2ccc(-c3ccccc3)cc2C1=Cc1cc(Br)c(O)c(Br)c1. The first-order chi connectivity index (χ1) is 12.5. The molecule has 0 bridgehead atoms. The van der Waals surface area contributed by atoms with Crippen LogP contribution in [0, 0.1) is 0 Å². The van der Waals surface area contributed by atoms with Crippen molar-refractivity contribution in [1.82, 2.24) is 0 Å². The van der Waals surface area contributed by atoms with Gasteiger partial charge in [-0.2, -0.15) is 0 Å². The summed E-state index contributed by atoms with van der Waals surface area (Å²) < 4.78 is 1.13. The lowest BCUT2D eigenvalue weighted by Gasteiger charge is -2.06. The van der Waals surface area contributed by atoms with E-state index in [0.29, 0.717) is 14.5 Å². The van der Waals surface area contributed by atoms with E-state index in [2.05, 4.69) is 37.2 Å². The molecule has 1 aliphatic heterocycles. The summed E-state index contributed by atoms with van der Waals surface area (Å²) in [5.74, 6) is 0.000295. The predicted molar refractivity (Wildman–Crippen MR) is 112 cm³/mol. The maximum atomic E-state index is 12.5. The normalized spacial score (nSPS) is 14.4. The molecular weight excluding hydrogens is 458 g/mol. The van der Waals surface area contributed by atoms with Gasteiger partial charge < -0.3 is 10.4 Å². The van der Waals surface area contributed by atoms with Crippen molar-refractivity contribution in [3.63, 3.8) is 0 Å². The van der Waals surface area contributed by atoms with Crippen molar-refractivity contribution in [2.75, 3.05) is 5.32 Å². The summed E-state index contributed by atoms with van der Waals surface area (Å²) in [6.07, 6.45) is 1.82. The van der Waals surface area contributed by atoms with Crippen LogP contribution >= 0.6 is 31.9 Å². The predicted octanol–water partition coefficient (Wildman–Crippen LogP) is 6.08. The molecule has 0 aliphatic carbocycles. The van der Waals surface area contributed by atoms with Gasteiger partial charge in [0.1, 0.15) is 5.75 Å². The van der Waals surface area contributed by atoms with Crippen molar-refractivity contribution < 1.29 is 9.90 Å². The van der Waals surface area contributed by atoms with Crippen LogP contribution in [0.2, 0.25) is 0 Å². The summed E-state index contributed by atoms with van der Waals surface area (Å²) in [6.45, 7) is 0. The Morgan fingerprint density at radius 2 is 1.58 bits per heavy atom. The van der Waals surface area contributed by atoms with Gasteiger partial charge in [0.25, 0.3) is 5.91 Å². The summed E-state index contributed by atoms with van der Waals surface area (Å²) in [7, 11) is 0. The number of halogens is 2. The number of aromatic hydroxyl groups is 1. The third kappa shape index (κ3) is 3.08. The average molecular weight is 471 g/mol. The van der Waals surface area contributed by atoms with Crippen LogP contribution in [-0.4, -0.2) is 11.0 Å². The molecule has 1 aliphatic rings. The second-order valence-electron chi connectivity index (χ2n) is 5.97. The van der Waals surface area contributed by atoms with Crippen LogP contribution in [0.5, 0.6) is 5.75 Å². The number of nitrogens with one attached hydrogen (secondary N) is 1. The zero-order valence-corrected chi connectivity index (χ0v) is 16.6. The summed E-state index contributed by atoms with van der Waals surface area (Å²) in [4.78, 5) is 12.5. The van der Waals surface area contributed by atoms with Crippen LogP contribution in [0.4, 0.5) is 5.69 Å². The second-order valence-corrected chi connectivity index (χ2v) is 7.68. The van der Waals surface area contributed by atoms with E-state index in [-0.39, 0.29) is 11.7 Å². The molecule has 0 aromatic heterocycles. The van der Waals surface area contributed by atoms with E-state index in [1.165, 1.54) is 0 Å². The highest BCUT2D eigenvalue weighted by Crippen LogP contribution is 2.38. The molecule has 128 valence electrons. The highest BCUT2D eigenvalue weighted by Gasteiger charge is 2.24. The number of carbonyl (C=O) groups excluding carboxylic acids is 1. The first-order valence-corrected chi connectivity index (χ1v) is 9.52. The number of phenolic OH excluding ortho intramolecular Hbond substituents is 1. The number of amides is 1. The van der Waals surface area contributed by atoms with Gasteiger partial charge in [-0.05, 0) is 78.9 Å². The molecule has 5 heteroatoms. The van der Waals surface area contributed by atoms with E-state index in [1.807, 2.05) is 54.6 Å². The van der Waals surface area contributed by atoms with Crippen LogP contribution in [0.1, 0.15) is 11.1 Å². The first-order valence-electron chi connectivity index (χ1n) is 7.94. The maximum absolute atomic E-state index is 12.5. The first kappa shape index (κ1) is 17.1. The molecule has 0 atom stereocenters. The van der Waals surface area contributed by atoms with Crippen LogP contribution in [-0.2, 0) is 4.79 Å². The fraction of sp³-hybridized carbons (Fsp3) is 0. The molecule has 0 spiro atoms. The Kier molecular flexibility index (Phi) is 4.42. The number of carbonyl (C=O) groups is 1. The van der Waals surface area contributed by atoms with Gasteiger partial charge in [0, 0.05) is 16.8 Å². The van der Waals surface area contributed by atoms with Gasteiger partial charge in [-0.25, -0.2) is 0 Å². The Bertz CT molecular complexity index is 1040. The van der Waals surface area contributed by atoms with Crippen LogP contribution in [0.15, 0.2) is 69.6 Å². The van der Waals surface area contributed by atoms with E-state index in [0.717, 1.165) is 27.9 Å². The highest BCUT2D eigenvalue weighted by molar-refractivity contribution is 9.11. The zero-order chi connectivity index (χ0) is 18.3. The van der Waals surface area contributed by atoms with Gasteiger partial charge in [0.15, 0.2) is 0 Å². The average Bonchev–Trinajstić information content (AvgIpc) is 2.95. The Hall–Kier alpha value is -2.37. The lowest BCUT2D eigenvalue weighted by Crippen LogP contribution is -2.03. The standard InChI is InChI=1S/C21H13Br2NO2/c22-17-9-12(10-18(23)20(17)25)8-16-15-11-14(13-4-2-1-3-5-13)6-7-19(15)24-21(16)26/h1-11,25H,(H,24,26). The number of rotatable bonds is 2. The summed E-state index contributed by atoms with van der Waals surface area (Å²) >= 11 is 6.65. The molecule has 0 unspecified atom stereocenters. The Balaban J connectivity index is 1.82. The van der Waals surface area contributed by atoms with Crippen LogP contribution < -0.4 is 5.32 Å². The zero-order valence-electron chi connectivity index (χ0n) is 13.5.